The molecular weight excluding hydrogens is 1040 g/mol. The van der Waals surface area contributed by atoms with Gasteiger partial charge in [-0.25, -0.2) is 0 Å². The molecule has 0 N–H and O–H groups in total. The molecule has 0 fully saturated rings. The van der Waals surface area contributed by atoms with E-state index in [2.05, 4.69) is 333 Å². The fourth-order valence-electron chi connectivity index (χ4n) is 14.9. The van der Waals surface area contributed by atoms with Crippen LogP contribution in [0.5, 0.6) is 0 Å². The van der Waals surface area contributed by atoms with Gasteiger partial charge in [0, 0.05) is 56.3 Å². The highest BCUT2D eigenvalue weighted by molar-refractivity contribution is 7.02. The van der Waals surface area contributed by atoms with Crippen LogP contribution in [0, 0.1) is 41.5 Å². The number of benzene rings is 11. The molecule has 0 saturated carbocycles. The standard InChI is InChI=1S/C80H74B2N4/c1-51-43-53(3)74(54(4)44-51)81-66-47-57(79(7,8)9)39-41-70(66)86-71-42-40-58(80(10,11)12)48-67(71)82(75-55(5)45-52(2)46-56(75)6)69-50-63(49-68(81)78(69)86)85-76-64(35-25-37-72(76)83(59-27-17-13-18-28-59)60-29-19-14-20-30-60)65-36-26-38-73(77(65)85)84(61-31-21-15-22-32-61)62-33-23-16-24-34-62/h13-50H,1-12H3. The van der Waals surface area contributed by atoms with E-state index in [-0.39, 0.29) is 24.3 Å². The monoisotopic (exact) mass is 1110 g/mol. The fourth-order valence-corrected chi connectivity index (χ4v) is 14.9. The summed E-state index contributed by atoms with van der Waals surface area (Å²) < 4.78 is 2.67. The van der Waals surface area contributed by atoms with E-state index in [9.17, 15) is 0 Å². The van der Waals surface area contributed by atoms with Gasteiger partial charge in [0.25, 0.3) is 0 Å². The molecule has 2 aliphatic rings. The van der Waals surface area contributed by atoms with Gasteiger partial charge in [-0.05, 0) is 170 Å². The molecule has 0 unspecified atom stereocenters. The van der Waals surface area contributed by atoms with E-state index in [0.717, 1.165) is 50.8 Å². The van der Waals surface area contributed by atoms with Crippen molar-refractivity contribution in [2.75, 3.05) is 14.7 Å². The Balaban J connectivity index is 1.22. The quantitative estimate of drug-likeness (QED) is 0.134. The Morgan fingerprint density at radius 2 is 0.674 bits per heavy atom. The first-order chi connectivity index (χ1) is 41.4. The molecule has 0 saturated heterocycles. The van der Waals surface area contributed by atoms with Gasteiger partial charge in [-0.15, -0.1) is 0 Å². The lowest BCUT2D eigenvalue weighted by atomic mass is 9.29. The van der Waals surface area contributed by atoms with Gasteiger partial charge in [0.2, 0.25) is 13.4 Å². The van der Waals surface area contributed by atoms with Crippen LogP contribution in [0.2, 0.25) is 0 Å². The molecule has 0 spiro atoms. The smallest absolute Gasteiger partial charge is 0.247 e. The number of hydrogen-bond donors (Lipinski definition) is 0. The van der Waals surface area contributed by atoms with Gasteiger partial charge in [-0.1, -0.05) is 231 Å². The first-order valence-electron chi connectivity index (χ1n) is 30.7. The molecule has 0 bridgehead atoms. The molecule has 86 heavy (non-hydrogen) atoms. The van der Waals surface area contributed by atoms with Crippen LogP contribution in [0.1, 0.15) is 86.1 Å². The predicted octanol–water partition coefficient (Wildman–Crippen LogP) is 17.3. The van der Waals surface area contributed by atoms with Crippen LogP contribution in [0.15, 0.2) is 231 Å². The summed E-state index contributed by atoms with van der Waals surface area (Å²) in [5, 5.41) is 2.35. The van der Waals surface area contributed by atoms with Gasteiger partial charge in [0.1, 0.15) is 0 Å². The Kier molecular flexibility index (Phi) is 13.2. The van der Waals surface area contributed by atoms with Crippen molar-refractivity contribution in [3.63, 3.8) is 0 Å². The highest BCUT2D eigenvalue weighted by Gasteiger charge is 2.46. The zero-order valence-electron chi connectivity index (χ0n) is 51.9. The lowest BCUT2D eigenvalue weighted by Crippen LogP contribution is -2.66. The molecule has 12 aromatic rings. The topological polar surface area (TPSA) is 14.7 Å². The summed E-state index contributed by atoms with van der Waals surface area (Å²) in [7, 11) is 0. The number of rotatable bonds is 9. The molecule has 6 heteroatoms. The number of para-hydroxylation sites is 6. The van der Waals surface area contributed by atoms with Crippen molar-refractivity contribution in [3.8, 4) is 5.69 Å². The molecule has 1 aromatic heterocycles. The maximum absolute atomic E-state index is 2.69. The Morgan fingerprint density at radius 1 is 0.337 bits per heavy atom. The van der Waals surface area contributed by atoms with Gasteiger partial charge in [-0.2, -0.15) is 0 Å². The molecule has 0 radical (unpaired) electrons. The van der Waals surface area contributed by atoms with Crippen LogP contribution in [0.4, 0.5) is 51.2 Å². The van der Waals surface area contributed by atoms with Gasteiger partial charge in [0.15, 0.2) is 0 Å². The third kappa shape index (κ3) is 8.98. The largest absolute Gasteiger partial charge is 0.313 e. The zero-order valence-corrected chi connectivity index (χ0v) is 51.9. The van der Waals surface area contributed by atoms with Gasteiger partial charge >= 0.3 is 0 Å². The fraction of sp³-hybridized carbons (Fsp3) is 0.175. The molecule has 0 aliphatic carbocycles. The van der Waals surface area contributed by atoms with E-state index in [1.165, 1.54) is 105 Å². The van der Waals surface area contributed by atoms with E-state index in [1.54, 1.807) is 0 Å². The van der Waals surface area contributed by atoms with Crippen molar-refractivity contribution < 1.29 is 0 Å². The molecule has 0 amide bonds. The van der Waals surface area contributed by atoms with Crippen molar-refractivity contribution in [2.24, 2.45) is 0 Å². The lowest BCUT2D eigenvalue weighted by Gasteiger charge is -2.45. The SMILES string of the molecule is Cc1cc(C)c(B2c3cc(C(C)(C)C)ccc3N3c4ccc(C(C)(C)C)cc4B(c4c(C)cc(C)cc4C)c4cc(-n5c6c(N(c7ccccc7)c7ccccc7)cccc6c6cccc(N(c7ccccc7)c7ccccc7)c65)cc2c43)c(C)c1. The van der Waals surface area contributed by atoms with Crippen LogP contribution in [-0.2, 0) is 10.8 Å². The second-order valence-electron chi connectivity index (χ2n) is 26.5. The van der Waals surface area contributed by atoms with Gasteiger partial charge in [0.05, 0.1) is 22.4 Å². The average molecular weight is 1110 g/mol. The highest BCUT2D eigenvalue weighted by Crippen LogP contribution is 2.49. The number of hydrogen-bond acceptors (Lipinski definition) is 3. The summed E-state index contributed by atoms with van der Waals surface area (Å²) >= 11 is 0. The van der Waals surface area contributed by atoms with Gasteiger partial charge in [-0.3, -0.25) is 0 Å². The van der Waals surface area contributed by atoms with Crippen molar-refractivity contribution in [1.82, 2.24) is 4.57 Å². The Morgan fingerprint density at radius 3 is 1.00 bits per heavy atom. The average Bonchev–Trinajstić information content (AvgIpc) is 0.953. The van der Waals surface area contributed by atoms with Crippen molar-refractivity contribution in [2.45, 2.75) is 93.9 Å². The number of nitrogens with zero attached hydrogens (tertiary/aromatic N) is 4. The summed E-state index contributed by atoms with van der Waals surface area (Å²) in [4.78, 5) is 7.61. The van der Waals surface area contributed by atoms with Crippen molar-refractivity contribution in [1.29, 1.82) is 0 Å². The third-order valence-corrected chi connectivity index (χ3v) is 18.5. The molecule has 14 rings (SSSR count). The van der Waals surface area contributed by atoms with E-state index in [4.69, 9.17) is 0 Å². The minimum Gasteiger partial charge on any atom is -0.313 e. The molecular formula is C80H74B2N4. The first-order valence-corrected chi connectivity index (χ1v) is 30.7. The van der Waals surface area contributed by atoms with Crippen LogP contribution < -0.4 is 47.5 Å². The molecule has 3 heterocycles. The van der Waals surface area contributed by atoms with Crippen LogP contribution in [-0.4, -0.2) is 18.0 Å². The molecule has 2 aliphatic heterocycles. The molecule has 4 nitrogen and oxygen atoms in total. The number of aromatic nitrogens is 1. The Labute approximate surface area is 510 Å². The minimum absolute atomic E-state index is 0.0974. The predicted molar refractivity (Wildman–Crippen MR) is 373 cm³/mol. The Bertz CT molecular complexity index is 4210. The van der Waals surface area contributed by atoms with Crippen LogP contribution in [0.25, 0.3) is 27.5 Å². The van der Waals surface area contributed by atoms with E-state index in [0.29, 0.717) is 0 Å². The first kappa shape index (κ1) is 54.7. The highest BCUT2D eigenvalue weighted by atomic mass is 15.2. The second-order valence-corrected chi connectivity index (χ2v) is 26.5. The van der Waals surface area contributed by atoms with Crippen molar-refractivity contribution in [3.05, 3.63) is 275 Å². The summed E-state index contributed by atoms with van der Waals surface area (Å²) in [5.74, 6) is 0. The van der Waals surface area contributed by atoms with E-state index >= 15 is 0 Å². The van der Waals surface area contributed by atoms with Crippen LogP contribution in [0.3, 0.4) is 0 Å². The van der Waals surface area contributed by atoms with Gasteiger partial charge < -0.3 is 19.3 Å². The van der Waals surface area contributed by atoms with E-state index < -0.39 is 0 Å². The summed E-state index contributed by atoms with van der Waals surface area (Å²) in [6.45, 7) is 27.8. The molecule has 11 aromatic carbocycles. The maximum atomic E-state index is 2.69. The number of anilines is 9. The second kappa shape index (κ2) is 20.8. The Hall–Kier alpha value is -9.25. The molecule has 420 valence electrons. The van der Waals surface area contributed by atoms with E-state index in [1.807, 2.05) is 0 Å². The summed E-state index contributed by atoms with van der Waals surface area (Å²) in [6, 6.07) is 87.4. The minimum atomic E-state index is -0.114. The van der Waals surface area contributed by atoms with Crippen LogP contribution >= 0.6 is 0 Å². The summed E-state index contributed by atoms with van der Waals surface area (Å²) in [6.07, 6.45) is 0. The third-order valence-electron chi connectivity index (χ3n) is 18.5. The number of fused-ring (bicyclic) bond motifs is 7. The normalized spacial score (nSPS) is 12.8. The summed E-state index contributed by atoms with van der Waals surface area (Å²) in [5.41, 5.74) is 31.9. The van der Waals surface area contributed by atoms with Crippen molar-refractivity contribution >= 4 is 119 Å². The maximum Gasteiger partial charge on any atom is 0.247 e. The number of aryl methyl sites for hydroxylation is 6. The lowest BCUT2D eigenvalue weighted by molar-refractivity contribution is 0.590. The molecule has 0 atom stereocenters. The zero-order chi connectivity index (χ0) is 59.5.